The molecule has 0 bridgehead atoms. The topological polar surface area (TPSA) is 113 Å². The van der Waals surface area contributed by atoms with E-state index in [1.165, 1.54) is 6.92 Å². The first-order valence-corrected chi connectivity index (χ1v) is 6.76. The van der Waals surface area contributed by atoms with Gasteiger partial charge in [-0.05, 0) is 18.6 Å². The highest BCUT2D eigenvalue weighted by atomic mass is 16.6. The molecular formula is C16H12N2O6. The maximum absolute atomic E-state index is 12.0. The number of non-ortho nitro benzene ring substituents is 2. The largest absolute Gasteiger partial charge is 0.423 e. The average Bonchev–Trinajstić information content (AvgIpc) is 2.55. The van der Waals surface area contributed by atoms with Crippen molar-refractivity contribution >= 4 is 23.4 Å². The van der Waals surface area contributed by atoms with E-state index in [0.29, 0.717) is 0 Å². The number of rotatable bonds is 5. The van der Waals surface area contributed by atoms with Crippen LogP contribution in [0.3, 0.4) is 0 Å². The minimum absolute atomic E-state index is 0.246. The number of ether oxygens (including phenoxy) is 1. The minimum Gasteiger partial charge on any atom is -0.423 e. The molecule has 2 aromatic rings. The Labute approximate surface area is 136 Å². The zero-order chi connectivity index (χ0) is 17.7. The quantitative estimate of drug-likeness (QED) is 0.273. The maximum Gasteiger partial charge on any atom is 0.339 e. The Bertz CT molecular complexity index is 797. The number of carbonyl (C=O) groups excluding carboxylic acids is 1. The van der Waals surface area contributed by atoms with Gasteiger partial charge in [0.15, 0.2) is 0 Å². The SMILES string of the molecule is CC(=Cc1ccccc1)C(=O)Oc1cc([N+](=O)[O-])cc([N+](=O)[O-])c1. The highest BCUT2D eigenvalue weighted by Crippen LogP contribution is 2.28. The molecule has 0 atom stereocenters. The summed E-state index contributed by atoms with van der Waals surface area (Å²) in [4.78, 5) is 32.1. The van der Waals surface area contributed by atoms with E-state index in [2.05, 4.69) is 0 Å². The maximum atomic E-state index is 12.0. The number of esters is 1. The number of hydrogen-bond donors (Lipinski definition) is 0. The Kier molecular flexibility index (Phi) is 5.00. The molecular weight excluding hydrogens is 316 g/mol. The molecule has 0 saturated carbocycles. The van der Waals surface area contributed by atoms with E-state index in [1.54, 1.807) is 30.3 Å². The molecule has 0 amide bonds. The van der Waals surface area contributed by atoms with Crippen molar-refractivity contribution in [1.29, 1.82) is 0 Å². The van der Waals surface area contributed by atoms with Gasteiger partial charge in [0, 0.05) is 5.57 Å². The van der Waals surface area contributed by atoms with Crippen molar-refractivity contribution in [2.75, 3.05) is 0 Å². The van der Waals surface area contributed by atoms with Crippen LogP contribution in [0.5, 0.6) is 5.75 Å². The van der Waals surface area contributed by atoms with E-state index >= 15 is 0 Å². The van der Waals surface area contributed by atoms with Gasteiger partial charge in [0.1, 0.15) is 5.75 Å². The fraction of sp³-hybridized carbons (Fsp3) is 0.0625. The molecule has 0 aliphatic carbocycles. The molecule has 8 nitrogen and oxygen atoms in total. The zero-order valence-corrected chi connectivity index (χ0v) is 12.5. The van der Waals surface area contributed by atoms with Crippen molar-refractivity contribution < 1.29 is 19.4 Å². The summed E-state index contributed by atoms with van der Waals surface area (Å²) in [5.41, 5.74) is -0.0410. The minimum atomic E-state index is -0.795. The van der Waals surface area contributed by atoms with Gasteiger partial charge in [-0.1, -0.05) is 30.3 Å². The van der Waals surface area contributed by atoms with E-state index in [1.807, 2.05) is 6.07 Å². The van der Waals surface area contributed by atoms with E-state index in [9.17, 15) is 25.0 Å². The molecule has 0 spiro atoms. The Morgan fingerprint density at radius 2 is 1.54 bits per heavy atom. The van der Waals surface area contributed by atoms with E-state index in [4.69, 9.17) is 4.74 Å². The van der Waals surface area contributed by atoms with E-state index in [0.717, 1.165) is 23.8 Å². The lowest BCUT2D eigenvalue weighted by molar-refractivity contribution is -0.394. The van der Waals surface area contributed by atoms with Gasteiger partial charge in [-0.3, -0.25) is 20.2 Å². The first-order chi connectivity index (χ1) is 11.4. The van der Waals surface area contributed by atoms with Crippen LogP contribution < -0.4 is 4.74 Å². The normalized spacial score (nSPS) is 11.0. The van der Waals surface area contributed by atoms with Crippen LogP contribution in [0.15, 0.2) is 54.1 Å². The lowest BCUT2D eigenvalue weighted by Crippen LogP contribution is -2.09. The number of nitrogens with zero attached hydrogens (tertiary/aromatic N) is 2. The molecule has 0 unspecified atom stereocenters. The van der Waals surface area contributed by atoms with Crippen molar-refractivity contribution in [2.45, 2.75) is 6.92 Å². The van der Waals surface area contributed by atoms with Gasteiger partial charge in [-0.15, -0.1) is 0 Å². The zero-order valence-electron chi connectivity index (χ0n) is 12.5. The monoisotopic (exact) mass is 328 g/mol. The van der Waals surface area contributed by atoms with Crippen molar-refractivity contribution in [3.63, 3.8) is 0 Å². The Morgan fingerprint density at radius 3 is 2.04 bits per heavy atom. The molecule has 0 aliphatic rings. The third-order valence-corrected chi connectivity index (χ3v) is 3.01. The van der Waals surface area contributed by atoms with Crippen molar-refractivity contribution in [3.05, 3.63) is 79.9 Å². The summed E-state index contributed by atoms with van der Waals surface area (Å²) in [6.45, 7) is 1.51. The van der Waals surface area contributed by atoms with Gasteiger partial charge in [-0.2, -0.15) is 0 Å². The van der Waals surface area contributed by atoms with Gasteiger partial charge < -0.3 is 4.74 Å². The Morgan fingerprint density at radius 1 is 1.00 bits per heavy atom. The highest BCUT2D eigenvalue weighted by molar-refractivity contribution is 5.94. The van der Waals surface area contributed by atoms with Crippen LogP contribution in [0.2, 0.25) is 0 Å². The standard InChI is InChI=1S/C16H12N2O6/c1-11(7-12-5-3-2-4-6-12)16(19)24-15-9-13(17(20)21)8-14(10-15)18(22)23/h2-10H,1H3. The van der Waals surface area contributed by atoms with E-state index < -0.39 is 27.2 Å². The van der Waals surface area contributed by atoms with Crippen molar-refractivity contribution in [2.24, 2.45) is 0 Å². The van der Waals surface area contributed by atoms with Gasteiger partial charge in [-0.25, -0.2) is 4.79 Å². The Balaban J connectivity index is 2.26. The molecule has 2 rings (SSSR count). The molecule has 0 aliphatic heterocycles. The molecule has 0 radical (unpaired) electrons. The predicted molar refractivity (Wildman–Crippen MR) is 85.5 cm³/mol. The summed E-state index contributed by atoms with van der Waals surface area (Å²) in [6.07, 6.45) is 1.58. The number of nitro benzene ring substituents is 2. The molecule has 0 N–H and O–H groups in total. The predicted octanol–water partition coefficient (Wildman–Crippen LogP) is 3.51. The number of benzene rings is 2. The summed E-state index contributed by atoms with van der Waals surface area (Å²) in [5, 5.41) is 21.6. The van der Waals surface area contributed by atoms with Crippen molar-refractivity contribution in [3.8, 4) is 5.75 Å². The van der Waals surface area contributed by atoms with Crippen LogP contribution in [0, 0.1) is 20.2 Å². The third kappa shape index (κ3) is 4.23. The smallest absolute Gasteiger partial charge is 0.339 e. The molecule has 0 heterocycles. The number of hydrogen-bond acceptors (Lipinski definition) is 6. The van der Waals surface area contributed by atoms with E-state index in [-0.39, 0.29) is 11.3 Å². The lowest BCUT2D eigenvalue weighted by Gasteiger charge is -2.05. The van der Waals surface area contributed by atoms with Crippen LogP contribution >= 0.6 is 0 Å². The second-order valence-electron chi connectivity index (χ2n) is 4.83. The second kappa shape index (κ2) is 7.14. The third-order valence-electron chi connectivity index (χ3n) is 3.01. The first kappa shape index (κ1) is 16.8. The molecule has 0 saturated heterocycles. The summed E-state index contributed by atoms with van der Waals surface area (Å²) in [5.74, 6) is -1.02. The number of nitro groups is 2. The molecule has 0 aromatic heterocycles. The fourth-order valence-electron chi connectivity index (χ4n) is 1.88. The van der Waals surface area contributed by atoms with Crippen LogP contribution in [-0.2, 0) is 4.79 Å². The molecule has 24 heavy (non-hydrogen) atoms. The average molecular weight is 328 g/mol. The van der Waals surface area contributed by atoms with Crippen LogP contribution in [0.1, 0.15) is 12.5 Å². The Hall–Kier alpha value is -3.55. The molecule has 2 aromatic carbocycles. The van der Waals surface area contributed by atoms with Gasteiger partial charge in [0.05, 0.1) is 28.0 Å². The molecule has 0 fully saturated rings. The fourth-order valence-corrected chi connectivity index (χ4v) is 1.88. The van der Waals surface area contributed by atoms with Gasteiger partial charge in [0.2, 0.25) is 0 Å². The summed E-state index contributed by atoms with van der Waals surface area (Å²) >= 11 is 0. The lowest BCUT2D eigenvalue weighted by atomic mass is 10.1. The van der Waals surface area contributed by atoms with Crippen LogP contribution in [0.25, 0.3) is 6.08 Å². The summed E-state index contributed by atoms with van der Waals surface area (Å²) in [7, 11) is 0. The number of carbonyl (C=O) groups is 1. The first-order valence-electron chi connectivity index (χ1n) is 6.76. The summed E-state index contributed by atoms with van der Waals surface area (Å²) in [6, 6.07) is 11.7. The highest BCUT2D eigenvalue weighted by Gasteiger charge is 2.19. The van der Waals surface area contributed by atoms with Gasteiger partial charge in [0.25, 0.3) is 11.4 Å². The van der Waals surface area contributed by atoms with Crippen molar-refractivity contribution in [1.82, 2.24) is 0 Å². The van der Waals surface area contributed by atoms with Crippen LogP contribution in [0.4, 0.5) is 11.4 Å². The van der Waals surface area contributed by atoms with Crippen LogP contribution in [-0.4, -0.2) is 15.8 Å². The van der Waals surface area contributed by atoms with Gasteiger partial charge >= 0.3 is 5.97 Å². The summed E-state index contributed by atoms with van der Waals surface area (Å²) < 4.78 is 5.01. The second-order valence-corrected chi connectivity index (χ2v) is 4.83. The molecule has 122 valence electrons. The molecule has 8 heteroatoms.